The lowest BCUT2D eigenvalue weighted by atomic mass is 10.1. The van der Waals surface area contributed by atoms with E-state index in [0.717, 1.165) is 11.1 Å². The van der Waals surface area contributed by atoms with Gasteiger partial charge in [-0.3, -0.25) is 4.79 Å². The van der Waals surface area contributed by atoms with Gasteiger partial charge in [-0.15, -0.1) is 0 Å². The first-order valence-corrected chi connectivity index (χ1v) is 6.35. The molecule has 1 atom stereocenters. The zero-order valence-corrected chi connectivity index (χ0v) is 11.0. The van der Waals surface area contributed by atoms with Crippen LogP contribution in [-0.4, -0.2) is 5.91 Å². The van der Waals surface area contributed by atoms with E-state index in [-0.39, 0.29) is 11.9 Å². The van der Waals surface area contributed by atoms with Crippen molar-refractivity contribution in [2.75, 3.05) is 0 Å². The Morgan fingerprint density at radius 2 is 1.89 bits per heavy atom. The summed E-state index contributed by atoms with van der Waals surface area (Å²) in [5, 5.41) is 2.98. The predicted octanol–water partition coefficient (Wildman–Crippen LogP) is 2.64. The number of benzene rings is 2. The molecule has 0 aliphatic heterocycles. The number of carbonyl (C=O) groups excluding carboxylic acids is 1. The molecule has 2 aromatic rings. The molecule has 0 aromatic heterocycles. The summed E-state index contributed by atoms with van der Waals surface area (Å²) in [5.74, 6) is -0.0772. The zero-order valence-electron chi connectivity index (χ0n) is 11.0. The molecule has 0 heterocycles. The molecule has 0 saturated carbocycles. The van der Waals surface area contributed by atoms with Crippen LogP contribution >= 0.6 is 0 Å². The Kier molecular flexibility index (Phi) is 4.31. The van der Waals surface area contributed by atoms with Crippen molar-refractivity contribution >= 4 is 5.91 Å². The molecule has 19 heavy (non-hydrogen) atoms. The van der Waals surface area contributed by atoms with Crippen molar-refractivity contribution in [2.45, 2.75) is 19.5 Å². The highest BCUT2D eigenvalue weighted by molar-refractivity contribution is 5.94. The molecule has 98 valence electrons. The van der Waals surface area contributed by atoms with Gasteiger partial charge in [0.05, 0.1) is 6.04 Å². The summed E-state index contributed by atoms with van der Waals surface area (Å²) >= 11 is 0. The lowest BCUT2D eigenvalue weighted by Crippen LogP contribution is -2.26. The molecule has 3 heteroatoms. The van der Waals surface area contributed by atoms with E-state index in [1.165, 1.54) is 0 Å². The van der Waals surface area contributed by atoms with E-state index in [4.69, 9.17) is 5.73 Å². The molecule has 0 aliphatic rings. The first kappa shape index (κ1) is 13.3. The number of amides is 1. The maximum absolute atomic E-state index is 12.1. The Morgan fingerprint density at radius 3 is 2.58 bits per heavy atom. The molecule has 0 fully saturated rings. The Labute approximate surface area is 113 Å². The van der Waals surface area contributed by atoms with Crippen LogP contribution in [0.4, 0.5) is 0 Å². The van der Waals surface area contributed by atoms with Gasteiger partial charge in [-0.2, -0.15) is 0 Å². The van der Waals surface area contributed by atoms with Crippen LogP contribution in [0.2, 0.25) is 0 Å². The summed E-state index contributed by atoms with van der Waals surface area (Å²) in [4.78, 5) is 12.1. The molecule has 0 spiro atoms. The molecule has 0 saturated heterocycles. The standard InChI is InChI=1S/C16H18N2O/c1-12(14-7-3-2-4-8-14)18-16(19)15-9-5-6-13(10-15)11-17/h2-10,12H,11,17H2,1H3,(H,18,19)/t12-/m1/s1. The van der Waals surface area contributed by atoms with Gasteiger partial charge in [0.1, 0.15) is 0 Å². The van der Waals surface area contributed by atoms with E-state index in [2.05, 4.69) is 5.32 Å². The first-order valence-electron chi connectivity index (χ1n) is 6.35. The van der Waals surface area contributed by atoms with E-state index in [1.54, 1.807) is 6.07 Å². The molecule has 3 nitrogen and oxygen atoms in total. The van der Waals surface area contributed by atoms with Crippen LogP contribution < -0.4 is 11.1 Å². The van der Waals surface area contributed by atoms with Crippen LogP contribution in [-0.2, 0) is 6.54 Å². The summed E-state index contributed by atoms with van der Waals surface area (Å²) in [6.07, 6.45) is 0. The van der Waals surface area contributed by atoms with E-state index < -0.39 is 0 Å². The number of nitrogens with one attached hydrogen (secondary N) is 1. The highest BCUT2D eigenvalue weighted by Gasteiger charge is 2.11. The van der Waals surface area contributed by atoms with Gasteiger partial charge in [0, 0.05) is 12.1 Å². The molecule has 0 bridgehead atoms. The van der Waals surface area contributed by atoms with Gasteiger partial charge in [-0.25, -0.2) is 0 Å². The van der Waals surface area contributed by atoms with E-state index in [1.807, 2.05) is 55.5 Å². The van der Waals surface area contributed by atoms with Crippen molar-refractivity contribution in [1.29, 1.82) is 0 Å². The fourth-order valence-corrected chi connectivity index (χ4v) is 1.94. The van der Waals surface area contributed by atoms with Crippen LogP contribution in [0.15, 0.2) is 54.6 Å². The summed E-state index contributed by atoms with van der Waals surface area (Å²) < 4.78 is 0. The zero-order chi connectivity index (χ0) is 13.7. The number of hydrogen-bond acceptors (Lipinski definition) is 2. The van der Waals surface area contributed by atoms with Crippen LogP contribution in [0.5, 0.6) is 0 Å². The lowest BCUT2D eigenvalue weighted by Gasteiger charge is -2.14. The Bertz CT molecular complexity index is 552. The van der Waals surface area contributed by atoms with E-state index in [9.17, 15) is 4.79 Å². The smallest absolute Gasteiger partial charge is 0.251 e. The molecule has 0 radical (unpaired) electrons. The maximum Gasteiger partial charge on any atom is 0.251 e. The van der Waals surface area contributed by atoms with E-state index >= 15 is 0 Å². The fraction of sp³-hybridized carbons (Fsp3) is 0.188. The van der Waals surface area contributed by atoms with Crippen molar-refractivity contribution in [2.24, 2.45) is 5.73 Å². The monoisotopic (exact) mass is 254 g/mol. The molecule has 2 rings (SSSR count). The lowest BCUT2D eigenvalue weighted by molar-refractivity contribution is 0.0940. The first-order chi connectivity index (χ1) is 9.20. The SMILES string of the molecule is C[C@@H](NC(=O)c1cccc(CN)c1)c1ccccc1. The minimum atomic E-state index is -0.0772. The van der Waals surface area contributed by atoms with Crippen molar-refractivity contribution in [3.63, 3.8) is 0 Å². The predicted molar refractivity (Wildman–Crippen MR) is 76.7 cm³/mol. The van der Waals surface area contributed by atoms with Crippen molar-refractivity contribution in [1.82, 2.24) is 5.32 Å². The van der Waals surface area contributed by atoms with Crippen LogP contribution in [0, 0.1) is 0 Å². The second-order valence-corrected chi connectivity index (χ2v) is 4.51. The molecule has 0 aliphatic carbocycles. The third-order valence-corrected chi connectivity index (χ3v) is 3.07. The Morgan fingerprint density at radius 1 is 1.16 bits per heavy atom. The summed E-state index contributed by atoms with van der Waals surface area (Å²) in [6.45, 7) is 2.41. The summed E-state index contributed by atoms with van der Waals surface area (Å²) in [6, 6.07) is 17.3. The highest BCUT2D eigenvalue weighted by Crippen LogP contribution is 2.13. The van der Waals surface area contributed by atoms with Gasteiger partial charge in [0.2, 0.25) is 0 Å². The Hall–Kier alpha value is -2.13. The van der Waals surface area contributed by atoms with E-state index in [0.29, 0.717) is 12.1 Å². The van der Waals surface area contributed by atoms with Gasteiger partial charge in [-0.1, -0.05) is 42.5 Å². The number of hydrogen-bond donors (Lipinski definition) is 2. The van der Waals surface area contributed by atoms with Gasteiger partial charge < -0.3 is 11.1 Å². The highest BCUT2D eigenvalue weighted by atomic mass is 16.1. The average Bonchev–Trinajstić information content (AvgIpc) is 2.48. The molecule has 0 unspecified atom stereocenters. The van der Waals surface area contributed by atoms with Gasteiger partial charge in [0.25, 0.3) is 5.91 Å². The van der Waals surface area contributed by atoms with Gasteiger partial charge in [0.15, 0.2) is 0 Å². The Balaban J connectivity index is 2.08. The summed E-state index contributed by atoms with van der Waals surface area (Å²) in [7, 11) is 0. The molecule has 3 N–H and O–H groups in total. The average molecular weight is 254 g/mol. The summed E-state index contributed by atoms with van der Waals surface area (Å²) in [5.41, 5.74) is 8.27. The van der Waals surface area contributed by atoms with Gasteiger partial charge in [-0.05, 0) is 30.2 Å². The second kappa shape index (κ2) is 6.16. The van der Waals surface area contributed by atoms with Crippen LogP contribution in [0.25, 0.3) is 0 Å². The largest absolute Gasteiger partial charge is 0.346 e. The van der Waals surface area contributed by atoms with Crippen molar-refractivity contribution < 1.29 is 4.79 Å². The normalized spacial score (nSPS) is 11.9. The van der Waals surface area contributed by atoms with Crippen LogP contribution in [0.3, 0.4) is 0 Å². The topological polar surface area (TPSA) is 55.1 Å². The van der Waals surface area contributed by atoms with Crippen molar-refractivity contribution in [3.05, 3.63) is 71.3 Å². The minimum Gasteiger partial charge on any atom is -0.346 e. The fourth-order valence-electron chi connectivity index (χ4n) is 1.94. The minimum absolute atomic E-state index is 0.0183. The second-order valence-electron chi connectivity index (χ2n) is 4.51. The third kappa shape index (κ3) is 3.42. The van der Waals surface area contributed by atoms with Gasteiger partial charge >= 0.3 is 0 Å². The number of nitrogens with two attached hydrogens (primary N) is 1. The molecular formula is C16H18N2O. The quantitative estimate of drug-likeness (QED) is 0.881. The number of rotatable bonds is 4. The van der Waals surface area contributed by atoms with Crippen molar-refractivity contribution in [3.8, 4) is 0 Å². The van der Waals surface area contributed by atoms with Crippen LogP contribution in [0.1, 0.15) is 34.5 Å². The molecular weight excluding hydrogens is 236 g/mol. The molecule has 2 aromatic carbocycles. The number of carbonyl (C=O) groups is 1. The molecule has 1 amide bonds. The maximum atomic E-state index is 12.1. The third-order valence-electron chi connectivity index (χ3n) is 3.07.